The monoisotopic (exact) mass is 278 g/mol. The Kier molecular flexibility index (Phi) is 4.35. The first-order valence-electron chi connectivity index (χ1n) is 6.13. The lowest BCUT2D eigenvalue weighted by atomic mass is 10.0. The normalized spacial score (nSPS) is 12.4. The molecule has 0 aliphatic rings. The molecule has 5 heteroatoms. The molecule has 1 aromatic carbocycles. The molecular weight excluding hydrogens is 264 g/mol. The van der Waals surface area contributed by atoms with Crippen LogP contribution in [-0.2, 0) is 6.54 Å². The highest BCUT2D eigenvalue weighted by molar-refractivity contribution is 6.33. The third-order valence-electron chi connectivity index (χ3n) is 2.83. The SMILES string of the molecule is CCCn1ncc(Cl)c1C(=O)C(O)c1ccccc1. The van der Waals surface area contributed by atoms with Gasteiger partial charge in [0.05, 0.1) is 11.2 Å². The Bertz CT molecular complexity index is 566. The summed E-state index contributed by atoms with van der Waals surface area (Å²) in [4.78, 5) is 12.3. The predicted molar refractivity (Wildman–Crippen MR) is 73.3 cm³/mol. The Hall–Kier alpha value is -1.65. The summed E-state index contributed by atoms with van der Waals surface area (Å²) in [7, 11) is 0. The molecule has 0 aliphatic heterocycles. The average molecular weight is 279 g/mol. The molecule has 0 aliphatic carbocycles. The van der Waals surface area contributed by atoms with Crippen molar-refractivity contribution in [1.82, 2.24) is 9.78 Å². The molecule has 0 saturated heterocycles. The highest BCUT2D eigenvalue weighted by Crippen LogP contribution is 2.23. The number of carbonyl (C=O) groups is 1. The van der Waals surface area contributed by atoms with Crippen molar-refractivity contribution in [3.05, 3.63) is 52.8 Å². The van der Waals surface area contributed by atoms with Crippen LogP contribution in [0.15, 0.2) is 36.5 Å². The Morgan fingerprint density at radius 2 is 2.11 bits per heavy atom. The number of aromatic nitrogens is 2. The van der Waals surface area contributed by atoms with Gasteiger partial charge in [-0.1, -0.05) is 48.9 Å². The van der Waals surface area contributed by atoms with Gasteiger partial charge in [-0.25, -0.2) is 0 Å². The van der Waals surface area contributed by atoms with Crippen molar-refractivity contribution in [3.63, 3.8) is 0 Å². The van der Waals surface area contributed by atoms with Crippen LogP contribution >= 0.6 is 11.6 Å². The first-order valence-corrected chi connectivity index (χ1v) is 6.51. The van der Waals surface area contributed by atoms with Crippen molar-refractivity contribution in [2.45, 2.75) is 26.0 Å². The Morgan fingerprint density at radius 1 is 1.42 bits per heavy atom. The number of nitrogens with zero attached hydrogens (tertiary/aromatic N) is 2. The van der Waals surface area contributed by atoms with Crippen LogP contribution in [0.2, 0.25) is 5.02 Å². The molecule has 0 saturated carbocycles. The summed E-state index contributed by atoms with van der Waals surface area (Å²) in [6, 6.07) is 8.79. The molecule has 1 aromatic heterocycles. The Balaban J connectivity index is 2.32. The zero-order chi connectivity index (χ0) is 13.8. The standard InChI is InChI=1S/C14H15ClN2O2/c1-2-8-17-12(11(15)9-16-17)14(19)13(18)10-6-4-3-5-7-10/h3-7,9,13,18H,2,8H2,1H3. The number of hydrogen-bond acceptors (Lipinski definition) is 3. The fraction of sp³-hybridized carbons (Fsp3) is 0.286. The van der Waals surface area contributed by atoms with Crippen molar-refractivity contribution < 1.29 is 9.90 Å². The van der Waals surface area contributed by atoms with E-state index in [-0.39, 0.29) is 10.7 Å². The van der Waals surface area contributed by atoms with Gasteiger partial charge in [0.25, 0.3) is 0 Å². The van der Waals surface area contributed by atoms with E-state index >= 15 is 0 Å². The van der Waals surface area contributed by atoms with Crippen LogP contribution in [-0.4, -0.2) is 20.7 Å². The van der Waals surface area contributed by atoms with E-state index in [1.807, 2.05) is 13.0 Å². The molecule has 0 spiro atoms. The molecule has 100 valence electrons. The fourth-order valence-electron chi connectivity index (χ4n) is 1.90. The van der Waals surface area contributed by atoms with Crippen molar-refractivity contribution in [3.8, 4) is 0 Å². The largest absolute Gasteiger partial charge is 0.380 e. The van der Waals surface area contributed by atoms with Crippen LogP contribution in [0, 0.1) is 0 Å². The second-order valence-electron chi connectivity index (χ2n) is 4.24. The third-order valence-corrected chi connectivity index (χ3v) is 3.10. The molecular formula is C14H15ClN2O2. The maximum atomic E-state index is 12.3. The summed E-state index contributed by atoms with van der Waals surface area (Å²) in [6.07, 6.45) is 1.05. The lowest BCUT2D eigenvalue weighted by Gasteiger charge is -2.11. The van der Waals surface area contributed by atoms with E-state index < -0.39 is 11.9 Å². The highest BCUT2D eigenvalue weighted by atomic mass is 35.5. The minimum atomic E-state index is -1.22. The van der Waals surface area contributed by atoms with E-state index in [0.717, 1.165) is 6.42 Å². The quantitative estimate of drug-likeness (QED) is 0.856. The first-order chi connectivity index (χ1) is 9.15. The van der Waals surface area contributed by atoms with Crippen LogP contribution in [0.25, 0.3) is 0 Å². The van der Waals surface area contributed by atoms with Gasteiger partial charge in [-0.2, -0.15) is 5.10 Å². The summed E-state index contributed by atoms with van der Waals surface area (Å²) < 4.78 is 1.54. The predicted octanol–water partition coefficient (Wildman–Crippen LogP) is 2.86. The van der Waals surface area contributed by atoms with Gasteiger partial charge in [0, 0.05) is 6.54 Å². The van der Waals surface area contributed by atoms with Crippen LogP contribution in [0.5, 0.6) is 0 Å². The zero-order valence-electron chi connectivity index (χ0n) is 10.6. The molecule has 19 heavy (non-hydrogen) atoms. The van der Waals surface area contributed by atoms with E-state index in [4.69, 9.17) is 11.6 Å². The molecule has 2 rings (SSSR count). The number of aliphatic hydroxyl groups is 1. The van der Waals surface area contributed by atoms with Gasteiger partial charge in [0.1, 0.15) is 11.8 Å². The molecule has 1 heterocycles. The summed E-state index contributed by atoms with van der Waals surface area (Å²) >= 11 is 5.99. The summed E-state index contributed by atoms with van der Waals surface area (Å²) in [6.45, 7) is 2.58. The Morgan fingerprint density at radius 3 is 2.74 bits per heavy atom. The molecule has 4 nitrogen and oxygen atoms in total. The van der Waals surface area contributed by atoms with Gasteiger partial charge in [0.15, 0.2) is 0 Å². The van der Waals surface area contributed by atoms with Crippen molar-refractivity contribution in [2.75, 3.05) is 0 Å². The number of carbonyl (C=O) groups excluding carboxylic acids is 1. The van der Waals surface area contributed by atoms with Gasteiger partial charge >= 0.3 is 0 Å². The molecule has 0 radical (unpaired) electrons. The third kappa shape index (κ3) is 2.85. The lowest BCUT2D eigenvalue weighted by molar-refractivity contribution is 0.0735. The van der Waals surface area contributed by atoms with Crippen LogP contribution in [0.4, 0.5) is 0 Å². The molecule has 0 amide bonds. The molecule has 2 aromatic rings. The van der Waals surface area contributed by atoms with Gasteiger partial charge < -0.3 is 5.11 Å². The van der Waals surface area contributed by atoms with Crippen molar-refractivity contribution >= 4 is 17.4 Å². The molecule has 1 unspecified atom stereocenters. The highest BCUT2D eigenvalue weighted by Gasteiger charge is 2.25. The topological polar surface area (TPSA) is 55.1 Å². The number of ketones is 1. The Labute approximate surface area is 116 Å². The number of benzene rings is 1. The van der Waals surface area contributed by atoms with E-state index in [1.54, 1.807) is 24.3 Å². The smallest absolute Gasteiger partial charge is 0.215 e. The minimum Gasteiger partial charge on any atom is -0.380 e. The lowest BCUT2D eigenvalue weighted by Crippen LogP contribution is -2.18. The van der Waals surface area contributed by atoms with Crippen LogP contribution in [0.1, 0.15) is 35.5 Å². The molecule has 1 N–H and O–H groups in total. The van der Waals surface area contributed by atoms with Gasteiger partial charge in [0.2, 0.25) is 5.78 Å². The zero-order valence-corrected chi connectivity index (χ0v) is 11.3. The van der Waals surface area contributed by atoms with E-state index in [9.17, 15) is 9.90 Å². The van der Waals surface area contributed by atoms with E-state index in [2.05, 4.69) is 5.10 Å². The fourth-order valence-corrected chi connectivity index (χ4v) is 2.14. The van der Waals surface area contributed by atoms with Crippen molar-refractivity contribution in [2.24, 2.45) is 0 Å². The number of rotatable bonds is 5. The van der Waals surface area contributed by atoms with Crippen LogP contribution < -0.4 is 0 Å². The van der Waals surface area contributed by atoms with E-state index in [1.165, 1.54) is 10.9 Å². The van der Waals surface area contributed by atoms with Gasteiger partial charge in [-0.05, 0) is 12.0 Å². The maximum absolute atomic E-state index is 12.3. The summed E-state index contributed by atoms with van der Waals surface area (Å²) in [5, 5.41) is 14.5. The van der Waals surface area contributed by atoms with E-state index in [0.29, 0.717) is 12.1 Å². The first kappa shape index (κ1) is 13.8. The number of aryl methyl sites for hydroxylation is 1. The van der Waals surface area contributed by atoms with Crippen molar-refractivity contribution in [1.29, 1.82) is 0 Å². The maximum Gasteiger partial charge on any atom is 0.215 e. The minimum absolute atomic E-state index is 0.264. The number of halogens is 1. The van der Waals surface area contributed by atoms with Crippen LogP contribution in [0.3, 0.4) is 0 Å². The second-order valence-corrected chi connectivity index (χ2v) is 4.65. The van der Waals surface area contributed by atoms with Gasteiger partial charge in [-0.3, -0.25) is 9.48 Å². The summed E-state index contributed by atoms with van der Waals surface area (Å²) in [5.41, 5.74) is 0.813. The molecule has 0 fully saturated rings. The number of hydrogen-bond donors (Lipinski definition) is 1. The number of aliphatic hydroxyl groups excluding tert-OH is 1. The van der Waals surface area contributed by atoms with Gasteiger partial charge in [-0.15, -0.1) is 0 Å². The molecule has 0 bridgehead atoms. The summed E-state index contributed by atoms with van der Waals surface area (Å²) in [5.74, 6) is -0.429. The second kappa shape index (κ2) is 5.99. The molecule has 1 atom stereocenters. The number of Topliss-reactive ketones (excluding diaryl/α,β-unsaturated/α-hetero) is 1. The average Bonchev–Trinajstić information content (AvgIpc) is 2.80.